The topological polar surface area (TPSA) is 61.8 Å². The highest BCUT2D eigenvalue weighted by Gasteiger charge is 2.16. The molecule has 6 heteroatoms. The Balaban J connectivity index is 0.00000121. The minimum absolute atomic E-state index is 0. The van der Waals surface area contributed by atoms with E-state index in [9.17, 15) is 4.79 Å². The molecule has 1 aliphatic heterocycles. The number of piperazine rings is 1. The minimum atomic E-state index is -0.539. The SMILES string of the molecule is Cl.O=C(OCO)N1CCNCC1. The molecule has 1 heterocycles. The first kappa shape index (κ1) is 11.5. The van der Waals surface area contributed by atoms with Crippen molar-refractivity contribution in [1.29, 1.82) is 0 Å². The second kappa shape index (κ2) is 6.05. The maximum Gasteiger partial charge on any atom is 0.411 e. The van der Waals surface area contributed by atoms with Gasteiger partial charge in [0.2, 0.25) is 0 Å². The molecular formula is C6H13ClN2O3. The summed E-state index contributed by atoms with van der Waals surface area (Å²) in [6.07, 6.45) is -0.436. The van der Waals surface area contributed by atoms with Crippen LogP contribution in [0.25, 0.3) is 0 Å². The lowest BCUT2D eigenvalue weighted by atomic mass is 10.4. The van der Waals surface area contributed by atoms with Crippen molar-refractivity contribution in [3.63, 3.8) is 0 Å². The summed E-state index contributed by atoms with van der Waals surface area (Å²) in [5.41, 5.74) is 0. The highest BCUT2D eigenvalue weighted by Crippen LogP contribution is 1.95. The Hall–Kier alpha value is -0.520. The van der Waals surface area contributed by atoms with Crippen LogP contribution in [-0.2, 0) is 4.74 Å². The van der Waals surface area contributed by atoms with Gasteiger partial charge >= 0.3 is 6.09 Å². The number of amides is 1. The number of hydrogen-bond donors (Lipinski definition) is 2. The van der Waals surface area contributed by atoms with Crippen LogP contribution in [0.1, 0.15) is 0 Å². The van der Waals surface area contributed by atoms with Crippen LogP contribution in [0.15, 0.2) is 0 Å². The number of rotatable bonds is 1. The molecule has 0 saturated carbocycles. The molecule has 0 atom stereocenters. The number of nitrogens with one attached hydrogen (secondary N) is 1. The first-order valence-corrected chi connectivity index (χ1v) is 3.58. The number of nitrogens with zero attached hydrogens (tertiary/aromatic N) is 1. The van der Waals surface area contributed by atoms with E-state index in [4.69, 9.17) is 5.11 Å². The summed E-state index contributed by atoms with van der Waals surface area (Å²) < 4.78 is 4.40. The normalized spacial score (nSPS) is 16.6. The summed E-state index contributed by atoms with van der Waals surface area (Å²) in [7, 11) is 0. The highest BCUT2D eigenvalue weighted by molar-refractivity contribution is 5.85. The number of aliphatic hydroxyl groups is 1. The fourth-order valence-corrected chi connectivity index (χ4v) is 0.994. The fourth-order valence-electron chi connectivity index (χ4n) is 0.994. The Labute approximate surface area is 77.1 Å². The molecule has 1 fully saturated rings. The number of ether oxygens (including phenoxy) is 1. The van der Waals surface area contributed by atoms with Crippen molar-refractivity contribution in [2.45, 2.75) is 0 Å². The molecular weight excluding hydrogens is 184 g/mol. The summed E-state index contributed by atoms with van der Waals surface area (Å²) in [5, 5.41) is 11.4. The summed E-state index contributed by atoms with van der Waals surface area (Å²) in [4.78, 5) is 12.5. The molecule has 1 amide bonds. The van der Waals surface area contributed by atoms with Crippen molar-refractivity contribution in [3.05, 3.63) is 0 Å². The lowest BCUT2D eigenvalue weighted by Gasteiger charge is -2.25. The number of carbonyl (C=O) groups excluding carboxylic acids is 1. The first-order valence-electron chi connectivity index (χ1n) is 3.58. The van der Waals surface area contributed by atoms with Gasteiger partial charge in [-0.25, -0.2) is 4.79 Å². The minimum Gasteiger partial charge on any atom is -0.422 e. The molecule has 1 aliphatic rings. The van der Waals surface area contributed by atoms with Gasteiger partial charge in [0.25, 0.3) is 0 Å². The van der Waals surface area contributed by atoms with Crippen molar-refractivity contribution in [3.8, 4) is 0 Å². The van der Waals surface area contributed by atoms with Crippen LogP contribution in [0, 0.1) is 0 Å². The van der Waals surface area contributed by atoms with Crippen molar-refractivity contribution in [2.24, 2.45) is 0 Å². The third-order valence-electron chi connectivity index (χ3n) is 1.56. The summed E-state index contributed by atoms with van der Waals surface area (Å²) >= 11 is 0. The smallest absolute Gasteiger partial charge is 0.411 e. The van der Waals surface area contributed by atoms with Crippen LogP contribution < -0.4 is 5.32 Å². The van der Waals surface area contributed by atoms with Crippen molar-refractivity contribution < 1.29 is 14.6 Å². The lowest BCUT2D eigenvalue weighted by Crippen LogP contribution is -2.46. The molecule has 0 aromatic rings. The Bertz CT molecular complexity index is 139. The van der Waals surface area contributed by atoms with Gasteiger partial charge in [0.1, 0.15) is 0 Å². The maximum absolute atomic E-state index is 10.9. The molecule has 0 aromatic carbocycles. The quantitative estimate of drug-likeness (QED) is 0.550. The molecule has 72 valence electrons. The van der Waals surface area contributed by atoms with E-state index in [0.29, 0.717) is 13.1 Å². The third-order valence-corrected chi connectivity index (χ3v) is 1.56. The molecule has 0 unspecified atom stereocenters. The van der Waals surface area contributed by atoms with E-state index in [0.717, 1.165) is 13.1 Å². The van der Waals surface area contributed by atoms with Gasteiger partial charge in [-0.05, 0) is 0 Å². The average Bonchev–Trinajstić information content (AvgIpc) is 2.07. The molecule has 0 aliphatic carbocycles. The van der Waals surface area contributed by atoms with Crippen LogP contribution in [0.2, 0.25) is 0 Å². The van der Waals surface area contributed by atoms with E-state index in [2.05, 4.69) is 10.1 Å². The van der Waals surface area contributed by atoms with E-state index in [-0.39, 0.29) is 12.4 Å². The predicted molar refractivity (Wildman–Crippen MR) is 45.3 cm³/mol. The van der Waals surface area contributed by atoms with Gasteiger partial charge in [-0.2, -0.15) is 0 Å². The number of aliphatic hydroxyl groups excluding tert-OH is 1. The zero-order valence-electron chi connectivity index (χ0n) is 6.65. The Morgan fingerprint density at radius 2 is 2.08 bits per heavy atom. The zero-order chi connectivity index (χ0) is 8.10. The fraction of sp³-hybridized carbons (Fsp3) is 0.833. The largest absolute Gasteiger partial charge is 0.422 e. The van der Waals surface area contributed by atoms with Gasteiger partial charge < -0.3 is 20.1 Å². The molecule has 12 heavy (non-hydrogen) atoms. The van der Waals surface area contributed by atoms with Crippen molar-refractivity contribution >= 4 is 18.5 Å². The van der Waals surface area contributed by atoms with Gasteiger partial charge in [0, 0.05) is 26.2 Å². The highest BCUT2D eigenvalue weighted by atomic mass is 35.5. The molecule has 5 nitrogen and oxygen atoms in total. The predicted octanol–water partition coefficient (Wildman–Crippen LogP) is -0.600. The molecule has 1 saturated heterocycles. The Morgan fingerprint density at radius 1 is 1.50 bits per heavy atom. The lowest BCUT2D eigenvalue weighted by molar-refractivity contribution is 0.0204. The van der Waals surface area contributed by atoms with Gasteiger partial charge in [0.15, 0.2) is 6.79 Å². The second-order valence-electron chi connectivity index (χ2n) is 2.28. The summed E-state index contributed by atoms with van der Waals surface area (Å²) in [5.74, 6) is 0. The summed E-state index contributed by atoms with van der Waals surface area (Å²) in [6, 6.07) is 0. The third kappa shape index (κ3) is 3.25. The van der Waals surface area contributed by atoms with E-state index in [1.54, 1.807) is 4.90 Å². The number of hydrogen-bond acceptors (Lipinski definition) is 4. The monoisotopic (exact) mass is 196 g/mol. The average molecular weight is 197 g/mol. The van der Waals surface area contributed by atoms with Crippen LogP contribution >= 0.6 is 12.4 Å². The molecule has 0 bridgehead atoms. The van der Waals surface area contributed by atoms with E-state index in [1.165, 1.54) is 0 Å². The number of halogens is 1. The zero-order valence-corrected chi connectivity index (χ0v) is 7.47. The Kier molecular flexibility index (Phi) is 5.79. The maximum atomic E-state index is 10.9. The molecule has 1 rings (SSSR count). The molecule has 2 N–H and O–H groups in total. The Morgan fingerprint density at radius 3 is 2.58 bits per heavy atom. The summed E-state index contributed by atoms with van der Waals surface area (Å²) in [6.45, 7) is 2.35. The van der Waals surface area contributed by atoms with Gasteiger partial charge in [-0.3, -0.25) is 0 Å². The van der Waals surface area contributed by atoms with Crippen molar-refractivity contribution in [1.82, 2.24) is 10.2 Å². The molecule has 0 spiro atoms. The van der Waals surface area contributed by atoms with Crippen LogP contribution in [0.5, 0.6) is 0 Å². The first-order chi connectivity index (χ1) is 5.34. The second-order valence-corrected chi connectivity index (χ2v) is 2.28. The van der Waals surface area contributed by atoms with E-state index >= 15 is 0 Å². The van der Waals surface area contributed by atoms with Crippen LogP contribution in [-0.4, -0.2) is 49.1 Å². The van der Waals surface area contributed by atoms with Crippen molar-refractivity contribution in [2.75, 3.05) is 33.0 Å². The van der Waals surface area contributed by atoms with Crippen LogP contribution in [0.4, 0.5) is 4.79 Å². The van der Waals surface area contributed by atoms with Crippen LogP contribution in [0.3, 0.4) is 0 Å². The van der Waals surface area contributed by atoms with E-state index in [1.807, 2.05) is 0 Å². The van der Waals surface area contributed by atoms with Gasteiger partial charge in [-0.15, -0.1) is 12.4 Å². The molecule has 0 radical (unpaired) electrons. The molecule has 0 aromatic heterocycles. The van der Waals surface area contributed by atoms with E-state index < -0.39 is 12.9 Å². The standard InChI is InChI=1S/C6H12N2O3.ClH/c9-5-11-6(10)8-3-1-7-2-4-8;/h7,9H,1-5H2;1H. The number of carbonyl (C=O) groups is 1. The van der Waals surface area contributed by atoms with Gasteiger partial charge in [-0.1, -0.05) is 0 Å². The van der Waals surface area contributed by atoms with Gasteiger partial charge in [0.05, 0.1) is 0 Å².